The van der Waals surface area contributed by atoms with Crippen LogP contribution in [0.2, 0.25) is 0 Å². The summed E-state index contributed by atoms with van der Waals surface area (Å²) in [5.74, 6) is -0.116. The summed E-state index contributed by atoms with van der Waals surface area (Å²) in [6, 6.07) is -0.471. The summed E-state index contributed by atoms with van der Waals surface area (Å²) < 4.78 is 36.1. The van der Waals surface area contributed by atoms with Gasteiger partial charge in [-0.2, -0.15) is 13.2 Å². The van der Waals surface area contributed by atoms with Crippen LogP contribution in [0.4, 0.5) is 18.0 Å². The molecule has 0 bridgehead atoms. The molecule has 0 spiro atoms. The maximum absolute atomic E-state index is 12.0. The quantitative estimate of drug-likeness (QED) is 0.247. The van der Waals surface area contributed by atoms with E-state index in [9.17, 15) is 22.8 Å². The van der Waals surface area contributed by atoms with Crippen molar-refractivity contribution in [3.63, 3.8) is 0 Å². The van der Waals surface area contributed by atoms with Crippen LogP contribution >= 0.6 is 24.0 Å². The second kappa shape index (κ2) is 9.69. The fourth-order valence-electron chi connectivity index (χ4n) is 1.60. The van der Waals surface area contributed by atoms with E-state index in [1.165, 1.54) is 0 Å². The lowest BCUT2D eigenvalue weighted by Gasteiger charge is -2.15. The van der Waals surface area contributed by atoms with Crippen LogP contribution in [0.3, 0.4) is 0 Å². The topological polar surface area (TPSA) is 85.8 Å². The van der Waals surface area contributed by atoms with Gasteiger partial charge in [-0.1, -0.05) is 0 Å². The molecule has 7 nitrogen and oxygen atoms in total. The number of carbonyl (C=O) groups excluding carboxylic acids is 2. The number of halogens is 4. The van der Waals surface area contributed by atoms with E-state index in [0.29, 0.717) is 6.54 Å². The Labute approximate surface area is 143 Å². The highest BCUT2D eigenvalue weighted by atomic mass is 127. The van der Waals surface area contributed by atoms with Crippen molar-refractivity contribution in [2.24, 2.45) is 4.99 Å². The van der Waals surface area contributed by atoms with Gasteiger partial charge in [0.05, 0.1) is 19.5 Å². The standard InChI is InChI=1S/C11H18F3N5O2.HI/c1-2-15-9(16-4-3-11(12,13)14)17-5-6-19-8(20)7-18-10(19)21;/h2-7H2,1H3,(H,18,21)(H2,15,16,17);1H. The summed E-state index contributed by atoms with van der Waals surface area (Å²) in [5.41, 5.74) is 0. The van der Waals surface area contributed by atoms with Crippen molar-refractivity contribution in [3.8, 4) is 0 Å². The van der Waals surface area contributed by atoms with Crippen molar-refractivity contribution in [2.45, 2.75) is 19.5 Å². The van der Waals surface area contributed by atoms with Gasteiger partial charge in [0, 0.05) is 19.6 Å². The smallest absolute Gasteiger partial charge is 0.357 e. The lowest BCUT2D eigenvalue weighted by molar-refractivity contribution is -0.132. The van der Waals surface area contributed by atoms with Crippen molar-refractivity contribution in [2.75, 3.05) is 32.7 Å². The van der Waals surface area contributed by atoms with Gasteiger partial charge in [0.25, 0.3) is 0 Å². The Balaban J connectivity index is 0.00000441. The zero-order valence-electron chi connectivity index (χ0n) is 12.0. The Bertz CT molecular complexity index is 401. The lowest BCUT2D eigenvalue weighted by Crippen LogP contribution is -2.43. The first-order chi connectivity index (χ1) is 9.83. The number of nitrogens with zero attached hydrogens (tertiary/aromatic N) is 2. The van der Waals surface area contributed by atoms with Crippen LogP contribution in [0.5, 0.6) is 0 Å². The molecule has 0 saturated carbocycles. The maximum Gasteiger partial charge on any atom is 0.390 e. The minimum atomic E-state index is -4.25. The predicted octanol–water partition coefficient (Wildman–Crippen LogP) is 0.664. The van der Waals surface area contributed by atoms with E-state index in [4.69, 9.17) is 0 Å². The highest BCUT2D eigenvalue weighted by Gasteiger charge is 2.28. The largest absolute Gasteiger partial charge is 0.390 e. The van der Waals surface area contributed by atoms with E-state index < -0.39 is 18.6 Å². The molecule has 1 heterocycles. The van der Waals surface area contributed by atoms with Gasteiger partial charge in [-0.05, 0) is 6.92 Å². The van der Waals surface area contributed by atoms with Gasteiger partial charge >= 0.3 is 12.2 Å². The monoisotopic (exact) mass is 437 g/mol. The third-order valence-electron chi connectivity index (χ3n) is 2.57. The number of imide groups is 1. The molecule has 1 aliphatic rings. The minimum absolute atomic E-state index is 0. The number of carbonyl (C=O) groups is 2. The molecule has 3 amide bonds. The number of guanidine groups is 1. The number of hydrogen-bond acceptors (Lipinski definition) is 3. The van der Waals surface area contributed by atoms with E-state index in [-0.39, 0.29) is 62.0 Å². The number of alkyl halides is 3. The summed E-state index contributed by atoms with van der Waals surface area (Å²) in [4.78, 5) is 27.4. The second-order valence-electron chi connectivity index (χ2n) is 4.26. The SMILES string of the molecule is CCNC(=NCCC(F)(F)F)NCCN1C(=O)CNC1=O.I. The van der Waals surface area contributed by atoms with Crippen molar-refractivity contribution in [1.29, 1.82) is 0 Å². The van der Waals surface area contributed by atoms with Crippen LogP contribution < -0.4 is 16.0 Å². The van der Waals surface area contributed by atoms with Crippen LogP contribution in [-0.2, 0) is 4.79 Å². The van der Waals surface area contributed by atoms with E-state index >= 15 is 0 Å². The highest BCUT2D eigenvalue weighted by molar-refractivity contribution is 14.0. The molecule has 128 valence electrons. The Morgan fingerprint density at radius 3 is 2.55 bits per heavy atom. The molecule has 22 heavy (non-hydrogen) atoms. The Hall–Kier alpha value is -1.27. The molecule has 0 aliphatic carbocycles. The van der Waals surface area contributed by atoms with Crippen LogP contribution in [-0.4, -0.2) is 61.7 Å². The average Bonchev–Trinajstić information content (AvgIpc) is 2.69. The lowest BCUT2D eigenvalue weighted by atomic mass is 10.4. The molecule has 1 fully saturated rings. The molecule has 0 unspecified atom stereocenters. The molecule has 11 heteroatoms. The molecular weight excluding hydrogens is 418 g/mol. The van der Waals surface area contributed by atoms with Crippen molar-refractivity contribution in [3.05, 3.63) is 0 Å². The van der Waals surface area contributed by atoms with Crippen LogP contribution in [0.15, 0.2) is 4.99 Å². The van der Waals surface area contributed by atoms with Crippen LogP contribution in [0.25, 0.3) is 0 Å². The molecule has 0 aromatic heterocycles. The summed E-state index contributed by atoms with van der Waals surface area (Å²) in [6.45, 7) is 2.17. The molecule has 0 atom stereocenters. The first kappa shape index (κ1) is 20.7. The fourth-order valence-corrected chi connectivity index (χ4v) is 1.60. The Morgan fingerprint density at radius 2 is 2.05 bits per heavy atom. The van der Waals surface area contributed by atoms with E-state index in [1.54, 1.807) is 6.92 Å². The average molecular weight is 437 g/mol. The molecule has 1 rings (SSSR count). The zero-order valence-corrected chi connectivity index (χ0v) is 14.3. The van der Waals surface area contributed by atoms with Crippen molar-refractivity contribution < 1.29 is 22.8 Å². The molecule has 1 saturated heterocycles. The van der Waals surface area contributed by atoms with E-state index in [1.807, 2.05) is 0 Å². The second-order valence-corrected chi connectivity index (χ2v) is 4.26. The summed E-state index contributed by atoms with van der Waals surface area (Å²) in [6.07, 6.45) is -5.25. The van der Waals surface area contributed by atoms with Crippen LogP contribution in [0, 0.1) is 0 Å². The van der Waals surface area contributed by atoms with Gasteiger partial charge < -0.3 is 16.0 Å². The fraction of sp³-hybridized carbons (Fsp3) is 0.727. The first-order valence-electron chi connectivity index (χ1n) is 6.50. The summed E-state index contributed by atoms with van der Waals surface area (Å²) in [5, 5.41) is 7.93. The molecule has 0 aromatic carbocycles. The number of nitrogens with one attached hydrogen (secondary N) is 3. The first-order valence-corrected chi connectivity index (χ1v) is 6.50. The summed E-state index contributed by atoms with van der Waals surface area (Å²) in [7, 11) is 0. The number of aliphatic imine (C=N–C) groups is 1. The number of amides is 3. The highest BCUT2D eigenvalue weighted by Crippen LogP contribution is 2.18. The third-order valence-corrected chi connectivity index (χ3v) is 2.57. The summed E-state index contributed by atoms with van der Waals surface area (Å²) >= 11 is 0. The Kier molecular flexibility index (Phi) is 9.13. The van der Waals surface area contributed by atoms with Crippen molar-refractivity contribution in [1.82, 2.24) is 20.9 Å². The minimum Gasteiger partial charge on any atom is -0.357 e. The van der Waals surface area contributed by atoms with E-state index in [2.05, 4.69) is 20.9 Å². The van der Waals surface area contributed by atoms with Gasteiger partial charge in [-0.3, -0.25) is 14.7 Å². The van der Waals surface area contributed by atoms with E-state index in [0.717, 1.165) is 4.90 Å². The number of hydrogen-bond donors (Lipinski definition) is 3. The van der Waals surface area contributed by atoms with Crippen molar-refractivity contribution >= 4 is 41.9 Å². The molecule has 1 aliphatic heterocycles. The van der Waals surface area contributed by atoms with Gasteiger partial charge in [0.15, 0.2) is 5.96 Å². The number of urea groups is 1. The number of rotatable bonds is 6. The van der Waals surface area contributed by atoms with Gasteiger partial charge in [-0.25, -0.2) is 4.79 Å². The molecule has 0 radical (unpaired) electrons. The maximum atomic E-state index is 12.0. The zero-order chi connectivity index (χ0) is 15.9. The third kappa shape index (κ3) is 7.66. The molecule has 0 aromatic rings. The molecule has 3 N–H and O–H groups in total. The normalized spacial score (nSPS) is 15.5. The predicted molar refractivity (Wildman–Crippen MR) is 85.2 cm³/mol. The van der Waals surface area contributed by atoms with Crippen LogP contribution in [0.1, 0.15) is 13.3 Å². The Morgan fingerprint density at radius 1 is 1.36 bits per heavy atom. The van der Waals surface area contributed by atoms with Gasteiger partial charge in [0.1, 0.15) is 0 Å². The van der Waals surface area contributed by atoms with Gasteiger partial charge in [0.2, 0.25) is 5.91 Å². The molecular formula is C11H19F3IN5O2. The van der Waals surface area contributed by atoms with Gasteiger partial charge in [-0.15, -0.1) is 24.0 Å².